The van der Waals surface area contributed by atoms with Gasteiger partial charge in [0.2, 0.25) is 17.7 Å². The van der Waals surface area contributed by atoms with Gasteiger partial charge in [0.15, 0.2) is 0 Å². The molecule has 0 bridgehead atoms. The highest BCUT2D eigenvalue weighted by atomic mass is 16.4. The van der Waals surface area contributed by atoms with Gasteiger partial charge in [0.05, 0.1) is 17.2 Å². The molecule has 2 atom stereocenters. The van der Waals surface area contributed by atoms with E-state index in [1.807, 2.05) is 24.3 Å². The Kier molecular flexibility index (Phi) is 4.03. The van der Waals surface area contributed by atoms with Crippen molar-refractivity contribution in [1.82, 2.24) is 10.2 Å². The van der Waals surface area contributed by atoms with E-state index in [2.05, 4.69) is 49.3 Å². The van der Waals surface area contributed by atoms with E-state index >= 15 is 0 Å². The molecular weight excluding hydrogens is 302 g/mol. The molecule has 0 spiro atoms. The topological polar surface area (TPSA) is 68.0 Å². The molecule has 24 heavy (non-hydrogen) atoms. The van der Waals surface area contributed by atoms with Crippen molar-refractivity contribution in [1.29, 1.82) is 0 Å². The normalized spacial score (nSPS) is 21.2. The van der Waals surface area contributed by atoms with Crippen LogP contribution in [0.3, 0.4) is 0 Å². The second-order valence-electron chi connectivity index (χ2n) is 7.23. The number of rotatable bonds is 4. The zero-order valence-electron chi connectivity index (χ0n) is 14.8. The monoisotopic (exact) mass is 325 g/mol. The summed E-state index contributed by atoms with van der Waals surface area (Å²) in [5.41, 5.74) is 2.66. The van der Waals surface area contributed by atoms with Gasteiger partial charge < -0.3 is 9.73 Å². The lowest BCUT2D eigenvalue weighted by molar-refractivity contribution is -0.118. The van der Waals surface area contributed by atoms with E-state index in [-0.39, 0.29) is 23.2 Å². The van der Waals surface area contributed by atoms with Crippen molar-refractivity contribution in [3.63, 3.8) is 0 Å². The Hall–Kier alpha value is -2.43. The molecule has 1 saturated carbocycles. The van der Waals surface area contributed by atoms with Crippen LogP contribution in [-0.2, 0) is 4.79 Å². The van der Waals surface area contributed by atoms with Gasteiger partial charge in [-0.25, -0.2) is 0 Å². The molecule has 2 aromatic rings. The lowest BCUT2D eigenvalue weighted by Gasteiger charge is -2.09. The first-order valence-corrected chi connectivity index (χ1v) is 8.16. The Balaban J connectivity index is 1.83. The van der Waals surface area contributed by atoms with Gasteiger partial charge in [-0.2, -0.15) is 0 Å². The van der Waals surface area contributed by atoms with Crippen LogP contribution in [0.15, 0.2) is 40.3 Å². The summed E-state index contributed by atoms with van der Waals surface area (Å²) in [4.78, 5) is 12.8. The number of hydrogen-bond donors (Lipinski definition) is 1. The molecule has 5 nitrogen and oxygen atoms in total. The van der Waals surface area contributed by atoms with Gasteiger partial charge in [-0.1, -0.05) is 37.6 Å². The lowest BCUT2D eigenvalue weighted by atomic mass is 10.1. The van der Waals surface area contributed by atoms with Gasteiger partial charge in [-0.05, 0) is 37.3 Å². The minimum absolute atomic E-state index is 0.0165. The molecule has 0 unspecified atom stereocenters. The SMILES string of the molecule is CC(C)=C[C@@H]1[C@H](C(=O)Nc2ccccc2-c2nnc(C)o2)C1(C)C. The van der Waals surface area contributed by atoms with Gasteiger partial charge in [-0.15, -0.1) is 10.2 Å². The van der Waals surface area contributed by atoms with Crippen molar-refractivity contribution in [2.45, 2.75) is 34.6 Å². The first-order chi connectivity index (χ1) is 11.3. The van der Waals surface area contributed by atoms with Crippen LogP contribution in [0.5, 0.6) is 0 Å². The van der Waals surface area contributed by atoms with Gasteiger partial charge in [0, 0.05) is 6.92 Å². The summed E-state index contributed by atoms with van der Waals surface area (Å²) in [6, 6.07) is 7.50. The minimum atomic E-state index is -0.0233. The van der Waals surface area contributed by atoms with Crippen LogP contribution in [0.25, 0.3) is 11.5 Å². The fourth-order valence-corrected chi connectivity index (χ4v) is 3.24. The van der Waals surface area contributed by atoms with E-state index in [1.165, 1.54) is 5.57 Å². The maximum atomic E-state index is 12.8. The van der Waals surface area contributed by atoms with Gasteiger partial charge in [0.1, 0.15) is 0 Å². The number of benzene rings is 1. The fourth-order valence-electron chi connectivity index (χ4n) is 3.24. The summed E-state index contributed by atoms with van der Waals surface area (Å²) < 4.78 is 5.50. The largest absolute Gasteiger partial charge is 0.421 e. The summed E-state index contributed by atoms with van der Waals surface area (Å²) in [5.74, 6) is 1.20. The second kappa shape index (κ2) is 5.89. The zero-order chi connectivity index (χ0) is 17.5. The number of nitrogens with one attached hydrogen (secondary N) is 1. The van der Waals surface area contributed by atoms with Crippen LogP contribution in [0.2, 0.25) is 0 Å². The molecule has 1 aliphatic carbocycles. The summed E-state index contributed by atoms with van der Waals surface area (Å²) in [7, 11) is 0. The van der Waals surface area contributed by atoms with Crippen LogP contribution >= 0.6 is 0 Å². The molecule has 1 amide bonds. The highest BCUT2D eigenvalue weighted by molar-refractivity contribution is 5.98. The Morgan fingerprint density at radius 3 is 2.58 bits per heavy atom. The quantitative estimate of drug-likeness (QED) is 0.855. The molecule has 126 valence electrons. The van der Waals surface area contributed by atoms with E-state index in [0.717, 1.165) is 5.56 Å². The maximum absolute atomic E-state index is 12.8. The third kappa shape index (κ3) is 2.98. The predicted molar refractivity (Wildman–Crippen MR) is 93.3 cm³/mol. The predicted octanol–water partition coefficient (Wildman–Crippen LogP) is 4.22. The summed E-state index contributed by atoms with van der Waals surface area (Å²) in [6.07, 6.45) is 2.19. The molecule has 0 aliphatic heterocycles. The fraction of sp³-hybridized carbons (Fsp3) is 0.421. The molecule has 1 heterocycles. The van der Waals surface area contributed by atoms with Gasteiger partial charge >= 0.3 is 0 Å². The number of amides is 1. The smallest absolute Gasteiger partial charge is 0.249 e. The zero-order valence-corrected chi connectivity index (χ0v) is 14.8. The Bertz CT molecular complexity index is 800. The number of para-hydroxylation sites is 1. The number of carbonyl (C=O) groups excluding carboxylic acids is 1. The van der Waals surface area contributed by atoms with E-state index in [4.69, 9.17) is 4.42 Å². The van der Waals surface area contributed by atoms with E-state index in [0.29, 0.717) is 17.5 Å². The van der Waals surface area contributed by atoms with Crippen molar-refractivity contribution < 1.29 is 9.21 Å². The Morgan fingerprint density at radius 1 is 1.25 bits per heavy atom. The number of anilines is 1. The molecule has 1 aromatic carbocycles. The molecule has 0 saturated heterocycles. The molecule has 5 heteroatoms. The Labute approximate surface area is 142 Å². The van der Waals surface area contributed by atoms with E-state index in [1.54, 1.807) is 6.92 Å². The van der Waals surface area contributed by atoms with Crippen molar-refractivity contribution in [3.8, 4) is 11.5 Å². The molecule has 0 radical (unpaired) electrons. The van der Waals surface area contributed by atoms with Crippen molar-refractivity contribution in [2.75, 3.05) is 5.32 Å². The third-order valence-electron chi connectivity index (χ3n) is 4.65. The van der Waals surface area contributed by atoms with Crippen LogP contribution in [0, 0.1) is 24.2 Å². The molecule has 1 N–H and O–H groups in total. The number of carbonyl (C=O) groups is 1. The average Bonchev–Trinajstić information content (AvgIpc) is 2.82. The van der Waals surface area contributed by atoms with Crippen LogP contribution in [-0.4, -0.2) is 16.1 Å². The lowest BCUT2D eigenvalue weighted by Crippen LogP contribution is -2.17. The maximum Gasteiger partial charge on any atom is 0.249 e. The number of nitrogens with zero attached hydrogens (tertiary/aromatic N) is 2. The molecule has 1 aromatic heterocycles. The number of hydrogen-bond acceptors (Lipinski definition) is 4. The number of allylic oxidation sites excluding steroid dienone is 2. The Morgan fingerprint density at radius 2 is 1.96 bits per heavy atom. The standard InChI is InChI=1S/C19H23N3O2/c1-11(2)10-14-16(19(14,4)5)17(23)20-15-9-7-6-8-13(15)18-22-21-12(3)24-18/h6-10,14,16H,1-5H3,(H,20,23)/t14-,16-/m1/s1. The third-order valence-corrected chi connectivity index (χ3v) is 4.65. The van der Waals surface area contributed by atoms with E-state index in [9.17, 15) is 4.79 Å². The summed E-state index contributed by atoms with van der Waals surface area (Å²) in [5, 5.41) is 11.0. The van der Waals surface area contributed by atoms with Gasteiger partial charge in [-0.3, -0.25) is 4.79 Å². The second-order valence-corrected chi connectivity index (χ2v) is 7.23. The first kappa shape index (κ1) is 16.4. The number of aromatic nitrogens is 2. The van der Waals surface area contributed by atoms with Crippen LogP contribution < -0.4 is 5.32 Å². The molecule has 3 rings (SSSR count). The van der Waals surface area contributed by atoms with Crippen LogP contribution in [0.1, 0.15) is 33.6 Å². The van der Waals surface area contributed by atoms with E-state index < -0.39 is 0 Å². The highest BCUT2D eigenvalue weighted by Crippen LogP contribution is 2.59. The summed E-state index contributed by atoms with van der Waals surface area (Å²) >= 11 is 0. The average molecular weight is 325 g/mol. The molecule has 1 fully saturated rings. The molecule has 1 aliphatic rings. The van der Waals surface area contributed by atoms with Crippen molar-refractivity contribution >= 4 is 11.6 Å². The first-order valence-electron chi connectivity index (χ1n) is 8.16. The van der Waals surface area contributed by atoms with Gasteiger partial charge in [0.25, 0.3) is 0 Å². The van der Waals surface area contributed by atoms with Crippen molar-refractivity contribution in [3.05, 3.63) is 41.8 Å². The summed E-state index contributed by atoms with van der Waals surface area (Å²) in [6.45, 7) is 10.1. The number of aryl methyl sites for hydroxylation is 1. The van der Waals surface area contributed by atoms with Crippen LogP contribution in [0.4, 0.5) is 5.69 Å². The minimum Gasteiger partial charge on any atom is -0.421 e. The van der Waals surface area contributed by atoms with Crippen molar-refractivity contribution in [2.24, 2.45) is 17.3 Å². The highest BCUT2D eigenvalue weighted by Gasteiger charge is 2.60. The molecular formula is C19H23N3O2.